The second kappa shape index (κ2) is 6.86. The van der Waals surface area contributed by atoms with E-state index in [0.29, 0.717) is 0 Å². The van der Waals surface area contributed by atoms with E-state index in [1.807, 2.05) is 6.07 Å². The first kappa shape index (κ1) is 19.9. The fourth-order valence-electron chi connectivity index (χ4n) is 6.69. The molecule has 0 N–H and O–H groups in total. The molecule has 36 heavy (non-hydrogen) atoms. The van der Waals surface area contributed by atoms with Gasteiger partial charge in [0.15, 0.2) is 0 Å². The molecular weight excluding hydrogens is 436 g/mol. The molecule has 0 unspecified atom stereocenters. The minimum absolute atomic E-state index is 0.0861. The van der Waals surface area contributed by atoms with Gasteiger partial charge in [0.25, 0.3) is 0 Å². The van der Waals surface area contributed by atoms with Crippen molar-refractivity contribution in [1.82, 2.24) is 0 Å². The summed E-state index contributed by atoms with van der Waals surface area (Å²) in [6.07, 6.45) is 0. The lowest BCUT2D eigenvalue weighted by Gasteiger charge is -2.36. The van der Waals surface area contributed by atoms with Gasteiger partial charge in [-0.25, -0.2) is 0 Å². The van der Waals surface area contributed by atoms with E-state index in [9.17, 15) is 0 Å². The SMILES string of the molecule is CC1(C)c2ccccc2-c2c3ccccc3c(-c3cccc4oc5ccccc5c34)c3cccc1c23. The molecule has 6 aromatic carbocycles. The minimum atomic E-state index is -0.0861. The van der Waals surface area contributed by atoms with Crippen LogP contribution in [0.4, 0.5) is 0 Å². The molecule has 7 aromatic rings. The molecule has 8 rings (SSSR count). The Morgan fingerprint density at radius 1 is 0.444 bits per heavy atom. The molecule has 1 nitrogen and oxygen atoms in total. The van der Waals surface area contributed by atoms with Gasteiger partial charge in [0.1, 0.15) is 11.2 Å². The lowest BCUT2D eigenvalue weighted by atomic mass is 9.67. The Bertz CT molecular complexity index is 2020. The Labute approximate surface area is 209 Å². The van der Waals surface area contributed by atoms with Crippen LogP contribution in [0, 0.1) is 0 Å². The number of benzene rings is 6. The van der Waals surface area contributed by atoms with E-state index in [2.05, 4.69) is 117 Å². The van der Waals surface area contributed by atoms with Crippen molar-refractivity contribution in [1.29, 1.82) is 0 Å². The number of rotatable bonds is 1. The zero-order chi connectivity index (χ0) is 24.0. The Kier molecular flexibility index (Phi) is 3.79. The molecule has 0 amide bonds. The fourth-order valence-corrected chi connectivity index (χ4v) is 6.69. The van der Waals surface area contributed by atoms with Crippen LogP contribution >= 0.6 is 0 Å². The third-order valence-electron chi connectivity index (χ3n) is 8.26. The minimum Gasteiger partial charge on any atom is -0.456 e. The number of para-hydroxylation sites is 1. The molecule has 1 heteroatoms. The van der Waals surface area contributed by atoms with Crippen LogP contribution in [0.25, 0.3) is 65.7 Å². The first-order valence-corrected chi connectivity index (χ1v) is 12.6. The zero-order valence-electron chi connectivity index (χ0n) is 20.3. The number of furan rings is 1. The van der Waals surface area contributed by atoms with Gasteiger partial charge in [0.2, 0.25) is 0 Å². The van der Waals surface area contributed by atoms with Crippen LogP contribution in [0.15, 0.2) is 114 Å². The first-order valence-electron chi connectivity index (χ1n) is 12.6. The van der Waals surface area contributed by atoms with Gasteiger partial charge in [0.05, 0.1) is 0 Å². The predicted octanol–water partition coefficient (Wildman–Crippen LogP) is 9.87. The molecule has 1 aliphatic carbocycles. The summed E-state index contributed by atoms with van der Waals surface area (Å²) in [7, 11) is 0. The average Bonchev–Trinajstić information content (AvgIpc) is 3.30. The summed E-state index contributed by atoms with van der Waals surface area (Å²) >= 11 is 0. The summed E-state index contributed by atoms with van der Waals surface area (Å²) in [5.41, 5.74) is 9.80. The van der Waals surface area contributed by atoms with Crippen LogP contribution in [0.2, 0.25) is 0 Å². The second-order valence-corrected chi connectivity index (χ2v) is 10.5. The molecule has 1 aliphatic rings. The smallest absolute Gasteiger partial charge is 0.136 e. The maximum Gasteiger partial charge on any atom is 0.136 e. The quantitative estimate of drug-likeness (QED) is 0.222. The Balaban J connectivity index is 1.65. The van der Waals surface area contributed by atoms with Crippen LogP contribution in [0.1, 0.15) is 25.0 Å². The summed E-state index contributed by atoms with van der Waals surface area (Å²) < 4.78 is 6.30. The summed E-state index contributed by atoms with van der Waals surface area (Å²) in [6.45, 7) is 4.73. The lowest BCUT2D eigenvalue weighted by Crippen LogP contribution is -2.23. The van der Waals surface area contributed by atoms with Crippen molar-refractivity contribution < 1.29 is 4.42 Å². The van der Waals surface area contributed by atoms with Gasteiger partial charge in [-0.3, -0.25) is 0 Å². The Morgan fingerprint density at radius 3 is 1.89 bits per heavy atom. The van der Waals surface area contributed by atoms with E-state index in [-0.39, 0.29) is 5.41 Å². The van der Waals surface area contributed by atoms with E-state index < -0.39 is 0 Å². The van der Waals surface area contributed by atoms with Gasteiger partial charge in [-0.2, -0.15) is 0 Å². The maximum atomic E-state index is 6.30. The van der Waals surface area contributed by atoms with Crippen LogP contribution in [0.3, 0.4) is 0 Å². The van der Waals surface area contributed by atoms with Crippen molar-refractivity contribution in [3.63, 3.8) is 0 Å². The highest BCUT2D eigenvalue weighted by Gasteiger charge is 2.35. The van der Waals surface area contributed by atoms with Gasteiger partial charge in [-0.15, -0.1) is 0 Å². The van der Waals surface area contributed by atoms with E-state index in [1.54, 1.807) is 0 Å². The molecule has 0 atom stereocenters. The normalized spacial score (nSPS) is 14.1. The van der Waals surface area contributed by atoms with Crippen molar-refractivity contribution in [2.75, 3.05) is 0 Å². The third kappa shape index (κ3) is 2.40. The van der Waals surface area contributed by atoms with E-state index in [1.165, 1.54) is 65.7 Å². The summed E-state index contributed by atoms with van der Waals surface area (Å²) in [5, 5.41) is 7.62. The third-order valence-corrected chi connectivity index (χ3v) is 8.26. The number of hydrogen-bond acceptors (Lipinski definition) is 1. The molecule has 0 fully saturated rings. The van der Waals surface area contributed by atoms with Gasteiger partial charge < -0.3 is 4.42 Å². The van der Waals surface area contributed by atoms with Crippen LogP contribution in [-0.2, 0) is 5.41 Å². The molecule has 170 valence electrons. The largest absolute Gasteiger partial charge is 0.456 e. The van der Waals surface area contributed by atoms with Crippen molar-refractivity contribution in [2.45, 2.75) is 19.3 Å². The molecule has 0 aliphatic heterocycles. The number of fused-ring (bicyclic) bond motifs is 7. The average molecular weight is 461 g/mol. The highest BCUT2D eigenvalue weighted by molar-refractivity contribution is 6.27. The Morgan fingerprint density at radius 2 is 1.03 bits per heavy atom. The van der Waals surface area contributed by atoms with Crippen LogP contribution in [0.5, 0.6) is 0 Å². The van der Waals surface area contributed by atoms with Crippen LogP contribution in [-0.4, -0.2) is 0 Å². The van der Waals surface area contributed by atoms with Gasteiger partial charge in [-0.1, -0.05) is 111 Å². The maximum absolute atomic E-state index is 6.30. The van der Waals surface area contributed by atoms with E-state index in [0.717, 1.165) is 11.2 Å². The van der Waals surface area contributed by atoms with Crippen molar-refractivity contribution in [3.8, 4) is 22.3 Å². The van der Waals surface area contributed by atoms with Crippen molar-refractivity contribution in [3.05, 3.63) is 120 Å². The molecule has 0 bridgehead atoms. The van der Waals surface area contributed by atoms with E-state index in [4.69, 9.17) is 4.42 Å². The summed E-state index contributed by atoms with van der Waals surface area (Å²) in [4.78, 5) is 0. The Hall–Kier alpha value is -4.36. The van der Waals surface area contributed by atoms with Gasteiger partial charge >= 0.3 is 0 Å². The van der Waals surface area contributed by atoms with Crippen LogP contribution < -0.4 is 0 Å². The summed E-state index contributed by atoms with van der Waals surface area (Å²) in [6, 6.07) is 39.6. The number of hydrogen-bond donors (Lipinski definition) is 0. The second-order valence-electron chi connectivity index (χ2n) is 10.5. The highest BCUT2D eigenvalue weighted by atomic mass is 16.3. The molecule has 0 radical (unpaired) electrons. The summed E-state index contributed by atoms with van der Waals surface area (Å²) in [5.74, 6) is 0. The van der Waals surface area contributed by atoms with Gasteiger partial charge in [-0.05, 0) is 67.1 Å². The first-order chi connectivity index (χ1) is 17.6. The molecule has 0 spiro atoms. The highest BCUT2D eigenvalue weighted by Crippen LogP contribution is 2.54. The lowest BCUT2D eigenvalue weighted by molar-refractivity contribution is 0.645. The topological polar surface area (TPSA) is 13.1 Å². The van der Waals surface area contributed by atoms with Crippen molar-refractivity contribution in [2.24, 2.45) is 0 Å². The molecule has 0 saturated heterocycles. The van der Waals surface area contributed by atoms with Gasteiger partial charge in [0, 0.05) is 16.2 Å². The zero-order valence-corrected chi connectivity index (χ0v) is 20.3. The monoisotopic (exact) mass is 460 g/mol. The molecule has 1 aromatic heterocycles. The fraction of sp³-hybridized carbons (Fsp3) is 0.0857. The molecule has 1 heterocycles. The predicted molar refractivity (Wildman–Crippen MR) is 152 cm³/mol. The molecule has 0 saturated carbocycles. The van der Waals surface area contributed by atoms with E-state index >= 15 is 0 Å². The van der Waals surface area contributed by atoms with Crippen molar-refractivity contribution >= 4 is 43.5 Å². The standard InChI is InChI=1S/C35H24O/c1-35(2)27-17-7-5-13-23(27)33-22-12-4-3-11-21(22)31(26-15-9-18-28(35)34(26)33)25-16-10-20-30-32(25)24-14-6-8-19-29(24)36-30/h3-20H,1-2H3. The molecular formula is C35H24O.